The monoisotopic (exact) mass is 390 g/mol. The van der Waals surface area contributed by atoms with Crippen molar-refractivity contribution in [2.45, 2.75) is 25.8 Å². The van der Waals surface area contributed by atoms with E-state index in [9.17, 15) is 4.79 Å². The second-order valence-corrected chi connectivity index (χ2v) is 8.35. The predicted octanol–water partition coefficient (Wildman–Crippen LogP) is 1.76. The zero-order valence-electron chi connectivity index (χ0n) is 16.1. The van der Waals surface area contributed by atoms with Gasteiger partial charge in [-0.1, -0.05) is 0 Å². The molecule has 3 aromatic heterocycles. The third-order valence-electron chi connectivity index (χ3n) is 6.15. The molecule has 9 nitrogen and oxygen atoms in total. The Morgan fingerprint density at radius 3 is 2.79 bits per heavy atom. The molecule has 6 rings (SSSR count). The van der Waals surface area contributed by atoms with E-state index >= 15 is 0 Å². The molecule has 3 aromatic rings. The van der Waals surface area contributed by atoms with Gasteiger partial charge >= 0.3 is 0 Å². The van der Waals surface area contributed by atoms with Gasteiger partial charge in [-0.05, 0) is 31.9 Å². The van der Waals surface area contributed by atoms with Crippen LogP contribution in [0.25, 0.3) is 11.0 Å². The maximum atomic E-state index is 12.0. The van der Waals surface area contributed by atoms with Gasteiger partial charge in [-0.3, -0.25) is 9.89 Å². The molecule has 0 radical (unpaired) electrons. The Morgan fingerprint density at radius 2 is 2.07 bits per heavy atom. The number of aromatic nitrogens is 5. The number of amides is 1. The molecule has 1 aliphatic heterocycles. The average Bonchev–Trinajstić information content (AvgIpc) is 3.58. The summed E-state index contributed by atoms with van der Waals surface area (Å²) in [4.78, 5) is 28.1. The molecule has 148 valence electrons. The lowest BCUT2D eigenvalue weighted by Crippen LogP contribution is -2.36. The highest BCUT2D eigenvalue weighted by Gasteiger charge is 2.57. The predicted molar refractivity (Wildman–Crippen MR) is 108 cm³/mol. The van der Waals surface area contributed by atoms with E-state index in [-0.39, 0.29) is 11.8 Å². The van der Waals surface area contributed by atoms with E-state index in [1.165, 1.54) is 0 Å². The Bertz CT molecular complexity index is 1090. The van der Waals surface area contributed by atoms with E-state index in [1.807, 2.05) is 25.1 Å². The van der Waals surface area contributed by atoms with Crippen molar-refractivity contribution in [1.29, 1.82) is 0 Å². The molecule has 4 heterocycles. The van der Waals surface area contributed by atoms with Crippen molar-refractivity contribution in [3.63, 3.8) is 0 Å². The Balaban J connectivity index is 1.23. The van der Waals surface area contributed by atoms with Crippen LogP contribution in [0.5, 0.6) is 0 Å². The van der Waals surface area contributed by atoms with Gasteiger partial charge in [-0.15, -0.1) is 0 Å². The number of rotatable bonds is 5. The van der Waals surface area contributed by atoms with Crippen molar-refractivity contribution in [2.75, 3.05) is 23.3 Å². The summed E-state index contributed by atoms with van der Waals surface area (Å²) in [6.45, 7) is 3.68. The van der Waals surface area contributed by atoms with Crippen LogP contribution in [0.15, 0.2) is 24.4 Å². The zero-order valence-corrected chi connectivity index (χ0v) is 16.1. The molecule has 29 heavy (non-hydrogen) atoms. The number of pyridine rings is 1. The van der Waals surface area contributed by atoms with Crippen LogP contribution in [0.2, 0.25) is 0 Å². The molecule has 3 N–H and O–H groups in total. The summed E-state index contributed by atoms with van der Waals surface area (Å²) < 4.78 is 0. The molecule has 0 bridgehead atoms. The molecule has 1 amide bonds. The van der Waals surface area contributed by atoms with Gasteiger partial charge in [-0.25, -0.2) is 4.98 Å². The fourth-order valence-corrected chi connectivity index (χ4v) is 4.32. The fourth-order valence-electron chi connectivity index (χ4n) is 4.32. The van der Waals surface area contributed by atoms with Crippen LogP contribution in [-0.2, 0) is 4.79 Å². The summed E-state index contributed by atoms with van der Waals surface area (Å²) in [5.41, 5.74) is 1.63. The van der Waals surface area contributed by atoms with Crippen LogP contribution >= 0.6 is 0 Å². The number of carbonyl (C=O) groups is 1. The SMILES string of the molecule is Cc1cc(Nc2nc(N3C[C@@H]4C(NC(=O)C5CC5)[C@@H]4C3)nc3ncccc23)n[nH]1. The normalized spacial score (nSPS) is 25.1. The molecule has 2 aliphatic carbocycles. The number of anilines is 3. The van der Waals surface area contributed by atoms with Gasteiger partial charge in [0.2, 0.25) is 11.9 Å². The molecule has 3 atom stereocenters. The third kappa shape index (κ3) is 2.97. The third-order valence-corrected chi connectivity index (χ3v) is 6.15. The first-order valence-electron chi connectivity index (χ1n) is 10.1. The number of carbonyl (C=O) groups excluding carboxylic acids is 1. The molecule has 3 aliphatic rings. The second kappa shape index (κ2) is 6.13. The highest BCUT2D eigenvalue weighted by atomic mass is 16.2. The van der Waals surface area contributed by atoms with Crippen LogP contribution in [0.1, 0.15) is 18.5 Å². The van der Waals surface area contributed by atoms with Gasteiger partial charge in [0.25, 0.3) is 0 Å². The van der Waals surface area contributed by atoms with Crippen molar-refractivity contribution in [3.05, 3.63) is 30.1 Å². The highest BCUT2D eigenvalue weighted by molar-refractivity contribution is 5.89. The minimum Gasteiger partial charge on any atom is -0.352 e. The number of nitrogens with zero attached hydrogens (tertiary/aromatic N) is 5. The van der Waals surface area contributed by atoms with Gasteiger partial charge in [0.1, 0.15) is 5.82 Å². The van der Waals surface area contributed by atoms with Crippen LogP contribution in [0.3, 0.4) is 0 Å². The Kier molecular flexibility index (Phi) is 3.53. The molecule has 1 unspecified atom stereocenters. The van der Waals surface area contributed by atoms with Gasteiger partial charge < -0.3 is 15.5 Å². The average molecular weight is 390 g/mol. The van der Waals surface area contributed by atoms with Gasteiger partial charge in [-0.2, -0.15) is 15.1 Å². The number of hydrogen-bond donors (Lipinski definition) is 3. The topological polar surface area (TPSA) is 112 Å². The molecule has 0 aromatic carbocycles. The number of fused-ring (bicyclic) bond motifs is 2. The first kappa shape index (κ1) is 16.7. The summed E-state index contributed by atoms with van der Waals surface area (Å²) in [5, 5.41) is 14.6. The zero-order chi connectivity index (χ0) is 19.5. The van der Waals surface area contributed by atoms with Gasteiger partial charge in [0, 0.05) is 54.8 Å². The second-order valence-electron chi connectivity index (χ2n) is 8.35. The Morgan fingerprint density at radius 1 is 1.24 bits per heavy atom. The smallest absolute Gasteiger partial charge is 0.229 e. The summed E-state index contributed by atoms with van der Waals surface area (Å²) >= 11 is 0. The van der Waals surface area contributed by atoms with Gasteiger partial charge in [0.15, 0.2) is 11.5 Å². The molecular weight excluding hydrogens is 368 g/mol. The molecule has 1 saturated heterocycles. The number of nitrogens with one attached hydrogen (secondary N) is 3. The van der Waals surface area contributed by atoms with Crippen molar-refractivity contribution < 1.29 is 4.79 Å². The molecule has 0 spiro atoms. The summed E-state index contributed by atoms with van der Waals surface area (Å²) in [5.74, 6) is 3.57. The van der Waals surface area contributed by atoms with Crippen LogP contribution in [-0.4, -0.2) is 50.2 Å². The number of hydrogen-bond acceptors (Lipinski definition) is 7. The van der Waals surface area contributed by atoms with Crippen molar-refractivity contribution >= 4 is 34.5 Å². The summed E-state index contributed by atoms with van der Waals surface area (Å²) in [7, 11) is 0. The number of H-pyrrole nitrogens is 1. The highest BCUT2D eigenvalue weighted by Crippen LogP contribution is 2.47. The number of aromatic amines is 1. The van der Waals surface area contributed by atoms with E-state index in [2.05, 4.69) is 30.7 Å². The fraction of sp³-hybridized carbons (Fsp3) is 0.450. The van der Waals surface area contributed by atoms with Crippen LogP contribution in [0, 0.1) is 24.7 Å². The number of aryl methyl sites for hydroxylation is 1. The minimum absolute atomic E-state index is 0.239. The lowest BCUT2D eigenvalue weighted by Gasteiger charge is -2.21. The number of piperidine rings is 1. The maximum absolute atomic E-state index is 12.0. The lowest BCUT2D eigenvalue weighted by atomic mass is 10.3. The van der Waals surface area contributed by atoms with Crippen molar-refractivity contribution in [1.82, 2.24) is 30.5 Å². The quantitative estimate of drug-likeness (QED) is 0.609. The van der Waals surface area contributed by atoms with Crippen molar-refractivity contribution in [2.24, 2.45) is 17.8 Å². The minimum atomic E-state index is 0.239. The van der Waals surface area contributed by atoms with Crippen LogP contribution in [0.4, 0.5) is 17.6 Å². The van der Waals surface area contributed by atoms with E-state index in [0.29, 0.717) is 41.1 Å². The lowest BCUT2D eigenvalue weighted by molar-refractivity contribution is -0.122. The maximum Gasteiger partial charge on any atom is 0.229 e. The first-order valence-corrected chi connectivity index (χ1v) is 10.1. The molecule has 2 saturated carbocycles. The van der Waals surface area contributed by atoms with Crippen molar-refractivity contribution in [3.8, 4) is 0 Å². The largest absolute Gasteiger partial charge is 0.352 e. The van der Waals surface area contributed by atoms with E-state index in [1.54, 1.807) is 6.20 Å². The van der Waals surface area contributed by atoms with E-state index in [4.69, 9.17) is 9.97 Å². The molecular formula is C20H22N8O. The summed E-state index contributed by atoms with van der Waals surface area (Å²) in [6.07, 6.45) is 3.83. The summed E-state index contributed by atoms with van der Waals surface area (Å²) in [6, 6.07) is 6.09. The first-order chi connectivity index (χ1) is 14.2. The van der Waals surface area contributed by atoms with E-state index in [0.717, 1.165) is 37.0 Å². The Hall–Kier alpha value is -3.23. The van der Waals surface area contributed by atoms with E-state index < -0.39 is 0 Å². The molecule has 3 fully saturated rings. The standard InChI is InChI=1S/C20H22N8O/c1-10-7-15(27-26-10)22-18-12-3-2-6-21-17(12)24-20(25-18)28-8-13-14(9-28)16(13)23-19(29)11-4-5-11/h2-3,6-7,11,13-14,16H,4-5,8-9H2,1H3,(H,23,29)(H2,21,22,24,25,26,27)/t13-,14+,16?. The van der Waals surface area contributed by atoms with Gasteiger partial charge in [0.05, 0.1) is 5.39 Å². The molecule has 9 heteroatoms. The Labute approximate surface area is 167 Å². The van der Waals surface area contributed by atoms with Crippen LogP contribution < -0.4 is 15.5 Å².